The van der Waals surface area contributed by atoms with Crippen LogP contribution in [0.2, 0.25) is 0 Å². The van der Waals surface area contributed by atoms with Gasteiger partial charge in [0.2, 0.25) is 0 Å². The van der Waals surface area contributed by atoms with Gasteiger partial charge in [0.05, 0.1) is 18.8 Å². The van der Waals surface area contributed by atoms with Gasteiger partial charge >= 0.3 is 5.97 Å². The summed E-state index contributed by atoms with van der Waals surface area (Å²) in [5, 5.41) is 21.8. The van der Waals surface area contributed by atoms with Crippen LogP contribution in [0.25, 0.3) is 0 Å². The summed E-state index contributed by atoms with van der Waals surface area (Å²) in [6.45, 7) is 9.45. The van der Waals surface area contributed by atoms with Crippen LogP contribution in [0.3, 0.4) is 0 Å². The third-order valence-corrected chi connectivity index (χ3v) is 10.6. The monoisotopic (exact) mass is 420 g/mol. The van der Waals surface area contributed by atoms with Crippen LogP contribution < -0.4 is 0 Å². The highest BCUT2D eigenvalue weighted by atomic mass is 16.5. The van der Waals surface area contributed by atoms with E-state index in [1.807, 2.05) is 6.92 Å². The van der Waals surface area contributed by atoms with Crippen LogP contribution in [0.15, 0.2) is 0 Å². The molecule has 4 nitrogen and oxygen atoms in total. The summed E-state index contributed by atoms with van der Waals surface area (Å²) in [5.74, 6) is 3.39. The quantitative estimate of drug-likeness (QED) is 0.617. The molecular weight excluding hydrogens is 376 g/mol. The first-order valence-corrected chi connectivity index (χ1v) is 12.7. The standard InChI is InChI=1S/C26H44O4/c1-5-30-24(29)11-6-16(2)20-9-10-21-19-8-7-17-14-18(27)12-13-25(17,3)22(19)15-23(28)26(20,21)4/h16-23,27-28H,5-15H2,1-4H3/t16-,17-,18?,19+,20-,21+,22+,23+,25+,26-/m1/s1. The minimum atomic E-state index is -0.247. The van der Waals surface area contributed by atoms with Gasteiger partial charge in [-0.05, 0) is 111 Å². The SMILES string of the molecule is CCOC(=O)CC[C@@H](C)[C@H]1CC[C@H]2[C@@H]3CC[C@@H]4CC(O)CC[C@]4(C)[C@H]3C[C@H](O)[C@]12C. The summed E-state index contributed by atoms with van der Waals surface area (Å²) in [5.41, 5.74) is 0.269. The van der Waals surface area contributed by atoms with Crippen LogP contribution in [0.4, 0.5) is 0 Å². The van der Waals surface area contributed by atoms with E-state index in [1.165, 1.54) is 25.7 Å². The average molecular weight is 421 g/mol. The first kappa shape index (κ1) is 22.6. The number of rotatable bonds is 5. The zero-order valence-corrected chi connectivity index (χ0v) is 19.6. The summed E-state index contributed by atoms with van der Waals surface area (Å²) < 4.78 is 5.14. The van der Waals surface area contributed by atoms with Crippen molar-refractivity contribution in [3.8, 4) is 0 Å². The van der Waals surface area contributed by atoms with Crippen molar-refractivity contribution in [1.82, 2.24) is 0 Å². The average Bonchev–Trinajstić information content (AvgIpc) is 3.07. The van der Waals surface area contributed by atoms with Gasteiger partial charge in [0.15, 0.2) is 0 Å². The van der Waals surface area contributed by atoms with Crippen LogP contribution in [0, 0.1) is 46.3 Å². The van der Waals surface area contributed by atoms with Crippen molar-refractivity contribution in [2.45, 2.75) is 104 Å². The Balaban J connectivity index is 1.50. The largest absolute Gasteiger partial charge is 0.466 e. The minimum Gasteiger partial charge on any atom is -0.466 e. The van der Waals surface area contributed by atoms with Gasteiger partial charge in [-0.2, -0.15) is 0 Å². The van der Waals surface area contributed by atoms with Gasteiger partial charge in [-0.1, -0.05) is 20.8 Å². The molecule has 4 heteroatoms. The van der Waals surface area contributed by atoms with E-state index in [1.54, 1.807) is 0 Å². The van der Waals surface area contributed by atoms with Gasteiger partial charge in [0.25, 0.3) is 0 Å². The Morgan fingerprint density at radius 2 is 1.83 bits per heavy atom. The maximum atomic E-state index is 11.9. The maximum absolute atomic E-state index is 11.9. The Labute approximate surface area is 183 Å². The summed E-state index contributed by atoms with van der Waals surface area (Å²) in [6.07, 6.45) is 9.88. The predicted molar refractivity (Wildman–Crippen MR) is 118 cm³/mol. The Morgan fingerprint density at radius 1 is 1.07 bits per heavy atom. The second kappa shape index (κ2) is 8.39. The lowest BCUT2D eigenvalue weighted by Gasteiger charge is -2.62. The lowest BCUT2D eigenvalue weighted by molar-refractivity contribution is -0.175. The van der Waals surface area contributed by atoms with Gasteiger partial charge in [0.1, 0.15) is 0 Å². The topological polar surface area (TPSA) is 66.8 Å². The van der Waals surface area contributed by atoms with Gasteiger partial charge in [0, 0.05) is 6.42 Å². The summed E-state index contributed by atoms with van der Waals surface area (Å²) in [7, 11) is 0. The number of carbonyl (C=O) groups excluding carboxylic acids is 1. The second-order valence-corrected chi connectivity index (χ2v) is 11.7. The van der Waals surface area contributed by atoms with Crippen LogP contribution in [-0.2, 0) is 9.53 Å². The molecule has 1 unspecified atom stereocenters. The van der Waals surface area contributed by atoms with Crippen LogP contribution >= 0.6 is 0 Å². The smallest absolute Gasteiger partial charge is 0.305 e. The molecule has 2 N–H and O–H groups in total. The predicted octanol–water partition coefficient (Wildman–Crippen LogP) is 4.96. The summed E-state index contributed by atoms with van der Waals surface area (Å²) in [4.78, 5) is 11.9. The van der Waals surface area contributed by atoms with Crippen LogP contribution in [-0.4, -0.2) is 35.0 Å². The molecule has 0 aliphatic heterocycles. The Morgan fingerprint density at radius 3 is 2.57 bits per heavy atom. The number of esters is 1. The number of ether oxygens (including phenoxy) is 1. The molecule has 4 rings (SSSR count). The molecule has 30 heavy (non-hydrogen) atoms. The molecule has 0 amide bonds. The molecule has 0 bridgehead atoms. The van der Waals surface area contributed by atoms with Gasteiger partial charge in [-0.15, -0.1) is 0 Å². The fraction of sp³-hybridized carbons (Fsp3) is 0.962. The van der Waals surface area contributed by atoms with E-state index in [0.29, 0.717) is 42.6 Å². The van der Waals surface area contributed by atoms with Gasteiger partial charge in [-0.25, -0.2) is 0 Å². The number of aliphatic hydroxyl groups excluding tert-OH is 2. The molecule has 0 radical (unpaired) electrons. The molecule has 10 atom stereocenters. The van der Waals surface area contributed by atoms with E-state index in [2.05, 4.69) is 20.8 Å². The molecule has 0 heterocycles. The lowest BCUT2D eigenvalue weighted by Crippen LogP contribution is -2.58. The molecule has 0 aromatic carbocycles. The van der Waals surface area contributed by atoms with E-state index in [0.717, 1.165) is 38.0 Å². The molecule has 172 valence electrons. The normalized spacial score (nSPS) is 48.9. The molecule has 0 saturated heterocycles. The van der Waals surface area contributed by atoms with Crippen molar-refractivity contribution in [1.29, 1.82) is 0 Å². The first-order chi connectivity index (χ1) is 14.2. The van der Waals surface area contributed by atoms with E-state index in [-0.39, 0.29) is 29.0 Å². The zero-order chi connectivity index (χ0) is 21.7. The summed E-state index contributed by atoms with van der Waals surface area (Å²) in [6, 6.07) is 0. The second-order valence-electron chi connectivity index (χ2n) is 11.7. The number of hydrogen-bond donors (Lipinski definition) is 2. The summed E-state index contributed by atoms with van der Waals surface area (Å²) >= 11 is 0. The van der Waals surface area contributed by atoms with Gasteiger partial charge < -0.3 is 14.9 Å². The van der Waals surface area contributed by atoms with Crippen molar-refractivity contribution < 1.29 is 19.7 Å². The number of carbonyl (C=O) groups is 1. The Bertz CT molecular complexity index is 635. The number of fused-ring (bicyclic) bond motifs is 5. The Hall–Kier alpha value is -0.610. The third-order valence-electron chi connectivity index (χ3n) is 10.6. The van der Waals surface area contributed by atoms with Crippen molar-refractivity contribution >= 4 is 5.97 Å². The Kier molecular flexibility index (Phi) is 6.31. The highest BCUT2D eigenvalue weighted by Gasteiger charge is 2.63. The maximum Gasteiger partial charge on any atom is 0.305 e. The zero-order valence-electron chi connectivity index (χ0n) is 19.6. The highest BCUT2D eigenvalue weighted by molar-refractivity contribution is 5.69. The lowest BCUT2D eigenvalue weighted by atomic mass is 9.43. The van der Waals surface area contributed by atoms with E-state index >= 15 is 0 Å². The van der Waals surface area contributed by atoms with E-state index < -0.39 is 0 Å². The molecule has 0 spiro atoms. The van der Waals surface area contributed by atoms with Crippen LogP contribution in [0.5, 0.6) is 0 Å². The molecule has 4 fully saturated rings. The van der Waals surface area contributed by atoms with Crippen molar-refractivity contribution in [3.63, 3.8) is 0 Å². The first-order valence-electron chi connectivity index (χ1n) is 12.7. The van der Waals surface area contributed by atoms with Gasteiger partial charge in [-0.3, -0.25) is 4.79 Å². The van der Waals surface area contributed by atoms with Crippen LogP contribution in [0.1, 0.15) is 91.9 Å². The molecule has 4 saturated carbocycles. The number of aliphatic hydroxyl groups is 2. The molecular formula is C26H44O4. The van der Waals surface area contributed by atoms with E-state index in [9.17, 15) is 15.0 Å². The fourth-order valence-electron chi connectivity index (χ4n) is 8.94. The van der Waals surface area contributed by atoms with E-state index in [4.69, 9.17) is 4.74 Å². The highest BCUT2D eigenvalue weighted by Crippen LogP contribution is 2.68. The minimum absolute atomic E-state index is 0.0212. The number of hydrogen-bond acceptors (Lipinski definition) is 4. The third kappa shape index (κ3) is 3.54. The molecule has 0 aromatic rings. The molecule has 0 aromatic heterocycles. The fourth-order valence-corrected chi connectivity index (χ4v) is 8.94. The molecule has 4 aliphatic carbocycles. The van der Waals surface area contributed by atoms with Crippen molar-refractivity contribution in [2.24, 2.45) is 46.3 Å². The van der Waals surface area contributed by atoms with Crippen molar-refractivity contribution in [3.05, 3.63) is 0 Å². The van der Waals surface area contributed by atoms with Crippen molar-refractivity contribution in [2.75, 3.05) is 6.61 Å². The molecule has 4 aliphatic rings.